The van der Waals surface area contributed by atoms with Crippen molar-refractivity contribution < 1.29 is 13.6 Å². The summed E-state index contributed by atoms with van der Waals surface area (Å²) in [4.78, 5) is 13.4. The molecule has 19 heavy (non-hydrogen) atoms. The molecule has 104 valence electrons. The molecule has 1 aliphatic heterocycles. The third-order valence-electron chi connectivity index (χ3n) is 3.44. The molecule has 1 fully saturated rings. The van der Waals surface area contributed by atoms with E-state index >= 15 is 0 Å². The van der Waals surface area contributed by atoms with Gasteiger partial charge >= 0.3 is 0 Å². The van der Waals surface area contributed by atoms with Crippen molar-refractivity contribution in [3.8, 4) is 0 Å². The smallest absolute Gasteiger partial charge is 0.222 e. The lowest BCUT2D eigenvalue weighted by molar-refractivity contribution is -0.131. The van der Waals surface area contributed by atoms with E-state index in [1.165, 1.54) is 12.1 Å². The Bertz CT molecular complexity index is 457. The fourth-order valence-electron chi connectivity index (χ4n) is 2.32. The molecule has 0 radical (unpaired) electrons. The number of hydrogen-bond acceptors (Lipinski definition) is 2. The number of carbonyl (C=O) groups excluding carboxylic acids is 1. The molecule has 1 N–H and O–H groups in total. The van der Waals surface area contributed by atoms with Crippen LogP contribution < -0.4 is 5.32 Å². The molecule has 0 saturated carbocycles. The summed E-state index contributed by atoms with van der Waals surface area (Å²) in [5, 5.41) is 3.18. The molecular formula is C14H18F2N2O. The summed E-state index contributed by atoms with van der Waals surface area (Å²) in [5.41, 5.74) is 0.583. The quantitative estimate of drug-likeness (QED) is 0.914. The third-order valence-corrected chi connectivity index (χ3v) is 3.44. The van der Waals surface area contributed by atoms with Crippen molar-refractivity contribution in [2.45, 2.75) is 32.2 Å². The van der Waals surface area contributed by atoms with E-state index in [-0.39, 0.29) is 11.9 Å². The highest BCUT2D eigenvalue weighted by atomic mass is 19.2. The molecule has 1 heterocycles. The molecule has 0 unspecified atom stereocenters. The molecule has 0 spiro atoms. The lowest BCUT2D eigenvalue weighted by Gasteiger charge is -2.32. The van der Waals surface area contributed by atoms with Crippen LogP contribution in [0.2, 0.25) is 0 Å². The molecule has 1 aromatic rings. The Morgan fingerprint density at radius 3 is 2.58 bits per heavy atom. The van der Waals surface area contributed by atoms with Gasteiger partial charge in [-0.1, -0.05) is 6.92 Å². The van der Waals surface area contributed by atoms with Crippen LogP contribution in [-0.2, 0) is 4.79 Å². The maximum atomic E-state index is 13.1. The summed E-state index contributed by atoms with van der Waals surface area (Å²) in [5.74, 6) is -1.51. The molecule has 1 amide bonds. The van der Waals surface area contributed by atoms with Crippen LogP contribution in [0.25, 0.3) is 0 Å². The van der Waals surface area contributed by atoms with Gasteiger partial charge < -0.3 is 10.2 Å². The average molecular weight is 268 g/mol. The predicted molar refractivity (Wildman–Crippen MR) is 69.9 cm³/mol. The molecular weight excluding hydrogens is 250 g/mol. The maximum absolute atomic E-state index is 13.1. The Morgan fingerprint density at radius 2 is 2.00 bits per heavy atom. The summed E-state index contributed by atoms with van der Waals surface area (Å²) < 4.78 is 25.9. The number of nitrogens with zero attached hydrogens (tertiary/aromatic N) is 1. The molecule has 0 bridgehead atoms. The zero-order valence-electron chi connectivity index (χ0n) is 11.0. The third kappa shape index (κ3) is 3.43. The number of likely N-dealkylation sites (tertiary alicyclic amines) is 1. The molecule has 2 rings (SSSR count). The number of hydrogen-bond donors (Lipinski definition) is 1. The van der Waals surface area contributed by atoms with Gasteiger partial charge in [0.05, 0.1) is 0 Å². The first-order valence-electron chi connectivity index (χ1n) is 6.59. The normalized spacial score (nSPS) is 16.5. The van der Waals surface area contributed by atoms with Crippen LogP contribution in [0.5, 0.6) is 0 Å². The van der Waals surface area contributed by atoms with Gasteiger partial charge in [-0.2, -0.15) is 0 Å². The van der Waals surface area contributed by atoms with Gasteiger partial charge in [0, 0.05) is 37.3 Å². The second-order valence-electron chi connectivity index (χ2n) is 4.78. The van der Waals surface area contributed by atoms with E-state index in [0.29, 0.717) is 25.2 Å². The fraction of sp³-hybridized carbons (Fsp3) is 0.500. The number of benzene rings is 1. The number of amides is 1. The molecule has 0 aliphatic carbocycles. The number of nitrogens with one attached hydrogen (secondary N) is 1. The van der Waals surface area contributed by atoms with Crippen molar-refractivity contribution >= 4 is 11.6 Å². The van der Waals surface area contributed by atoms with E-state index in [9.17, 15) is 13.6 Å². The number of halogens is 2. The zero-order valence-corrected chi connectivity index (χ0v) is 11.0. The summed E-state index contributed by atoms with van der Waals surface area (Å²) in [6.07, 6.45) is 2.18. The van der Waals surface area contributed by atoms with Crippen LogP contribution in [0, 0.1) is 11.6 Å². The van der Waals surface area contributed by atoms with Gasteiger partial charge in [0.2, 0.25) is 5.91 Å². The van der Waals surface area contributed by atoms with Gasteiger partial charge in [-0.25, -0.2) is 8.78 Å². The highest BCUT2D eigenvalue weighted by molar-refractivity contribution is 5.75. The first-order chi connectivity index (χ1) is 9.10. The van der Waals surface area contributed by atoms with Gasteiger partial charge in [0.1, 0.15) is 0 Å². The summed E-state index contributed by atoms with van der Waals surface area (Å²) in [6, 6.07) is 4.01. The highest BCUT2D eigenvalue weighted by Crippen LogP contribution is 2.19. The second-order valence-corrected chi connectivity index (χ2v) is 4.78. The Balaban J connectivity index is 1.88. The average Bonchev–Trinajstić information content (AvgIpc) is 2.43. The Labute approximate surface area is 111 Å². The molecule has 0 atom stereocenters. The van der Waals surface area contributed by atoms with Crippen molar-refractivity contribution in [3.63, 3.8) is 0 Å². The van der Waals surface area contributed by atoms with E-state index in [0.717, 1.165) is 18.9 Å². The van der Waals surface area contributed by atoms with Crippen LogP contribution in [0.1, 0.15) is 26.2 Å². The molecule has 5 heteroatoms. The minimum absolute atomic E-state index is 0.172. The molecule has 3 nitrogen and oxygen atoms in total. The Hall–Kier alpha value is -1.65. The monoisotopic (exact) mass is 268 g/mol. The predicted octanol–water partition coefficient (Wildman–Crippen LogP) is 2.78. The van der Waals surface area contributed by atoms with E-state index in [4.69, 9.17) is 0 Å². The minimum Gasteiger partial charge on any atom is -0.382 e. The second kappa shape index (κ2) is 5.99. The lowest BCUT2D eigenvalue weighted by atomic mass is 10.0. The Morgan fingerprint density at radius 1 is 1.32 bits per heavy atom. The van der Waals surface area contributed by atoms with E-state index in [1.807, 2.05) is 11.8 Å². The van der Waals surface area contributed by atoms with Crippen molar-refractivity contribution in [2.75, 3.05) is 18.4 Å². The van der Waals surface area contributed by atoms with E-state index in [1.54, 1.807) is 0 Å². The van der Waals surface area contributed by atoms with Crippen LogP contribution in [-0.4, -0.2) is 29.9 Å². The van der Waals surface area contributed by atoms with Crippen LogP contribution in [0.3, 0.4) is 0 Å². The lowest BCUT2D eigenvalue weighted by Crippen LogP contribution is -2.42. The first kappa shape index (κ1) is 13.8. The molecule has 1 aliphatic rings. The molecule has 1 saturated heterocycles. The largest absolute Gasteiger partial charge is 0.382 e. The van der Waals surface area contributed by atoms with Crippen molar-refractivity contribution in [3.05, 3.63) is 29.8 Å². The molecule has 0 aromatic heterocycles. The van der Waals surface area contributed by atoms with Gasteiger partial charge in [-0.05, 0) is 25.0 Å². The number of anilines is 1. The van der Waals surface area contributed by atoms with Gasteiger partial charge in [0.25, 0.3) is 0 Å². The van der Waals surface area contributed by atoms with Crippen LogP contribution >= 0.6 is 0 Å². The van der Waals surface area contributed by atoms with Crippen molar-refractivity contribution in [1.82, 2.24) is 4.90 Å². The number of piperidine rings is 1. The van der Waals surface area contributed by atoms with Gasteiger partial charge in [0.15, 0.2) is 11.6 Å². The van der Waals surface area contributed by atoms with Crippen molar-refractivity contribution in [2.24, 2.45) is 0 Å². The number of carbonyl (C=O) groups is 1. The van der Waals surface area contributed by atoms with E-state index < -0.39 is 11.6 Å². The van der Waals surface area contributed by atoms with E-state index in [2.05, 4.69) is 5.32 Å². The van der Waals surface area contributed by atoms with Crippen LogP contribution in [0.15, 0.2) is 18.2 Å². The van der Waals surface area contributed by atoms with Crippen molar-refractivity contribution in [1.29, 1.82) is 0 Å². The first-order valence-corrected chi connectivity index (χ1v) is 6.59. The standard InChI is InChI=1S/C14H18F2N2O/c1-2-14(19)18-7-5-10(6-8-18)17-11-3-4-12(15)13(16)9-11/h3-4,9-10,17H,2,5-8H2,1H3. The van der Waals surface area contributed by atoms with Gasteiger partial charge in [-0.15, -0.1) is 0 Å². The minimum atomic E-state index is -0.844. The zero-order chi connectivity index (χ0) is 13.8. The number of rotatable bonds is 3. The van der Waals surface area contributed by atoms with Crippen LogP contribution in [0.4, 0.5) is 14.5 Å². The maximum Gasteiger partial charge on any atom is 0.222 e. The topological polar surface area (TPSA) is 32.3 Å². The summed E-state index contributed by atoms with van der Waals surface area (Å²) in [7, 11) is 0. The summed E-state index contributed by atoms with van der Waals surface area (Å²) in [6.45, 7) is 3.29. The molecule has 1 aromatic carbocycles. The SMILES string of the molecule is CCC(=O)N1CCC(Nc2ccc(F)c(F)c2)CC1. The van der Waals surface area contributed by atoms with Gasteiger partial charge in [-0.3, -0.25) is 4.79 Å². The Kier molecular flexibility index (Phi) is 4.35. The summed E-state index contributed by atoms with van der Waals surface area (Å²) >= 11 is 0. The highest BCUT2D eigenvalue weighted by Gasteiger charge is 2.21. The fourth-order valence-corrected chi connectivity index (χ4v) is 2.32.